The molecule has 0 bridgehead atoms. The van der Waals surface area contributed by atoms with Crippen LogP contribution in [-0.4, -0.2) is 15.6 Å². The zero-order valence-corrected chi connectivity index (χ0v) is 21.6. The maximum Gasteiger partial charge on any atom is 0.573 e. The molecule has 0 saturated carbocycles. The second-order valence-electron chi connectivity index (χ2n) is 7.15. The number of fused-ring (bicyclic) bond motifs is 2. The lowest BCUT2D eigenvalue weighted by atomic mass is 10.2. The summed E-state index contributed by atoms with van der Waals surface area (Å²) in [6.07, 6.45) is -9.50. The lowest BCUT2D eigenvalue weighted by molar-refractivity contribution is -0.274. The van der Waals surface area contributed by atoms with Crippen molar-refractivity contribution in [1.82, 2.24) is 4.98 Å². The Bertz CT molecular complexity index is 1210. The van der Waals surface area contributed by atoms with Crippen LogP contribution in [0.3, 0.4) is 0 Å². The highest BCUT2D eigenvalue weighted by Gasteiger charge is 2.34. The van der Waals surface area contributed by atoms with Gasteiger partial charge in [-0.2, -0.15) is 13.2 Å². The van der Waals surface area contributed by atoms with Crippen LogP contribution in [0.25, 0.3) is 0 Å². The van der Waals surface area contributed by atoms with E-state index in [1.807, 2.05) is 27.7 Å². The molecule has 12 heteroatoms. The van der Waals surface area contributed by atoms with Crippen molar-refractivity contribution in [3.63, 3.8) is 0 Å². The summed E-state index contributed by atoms with van der Waals surface area (Å²) in [5.41, 5.74) is 0.924. The van der Waals surface area contributed by atoms with E-state index in [0.717, 1.165) is 23.8 Å². The number of alkyl halides is 6. The van der Waals surface area contributed by atoms with Crippen molar-refractivity contribution in [1.29, 1.82) is 0 Å². The monoisotopic (exact) mass is 547 g/mol. The van der Waals surface area contributed by atoms with Crippen LogP contribution >= 0.6 is 0 Å². The van der Waals surface area contributed by atoms with E-state index in [2.05, 4.69) is 15.0 Å². The minimum absolute atomic E-state index is 0.0247. The van der Waals surface area contributed by atoms with Crippen molar-refractivity contribution >= 4 is 28.2 Å². The van der Waals surface area contributed by atoms with Gasteiger partial charge in [0, 0.05) is 5.56 Å². The number of nitrogens with zero attached hydrogens (tertiary/aromatic N) is 2. The molecule has 0 fully saturated rings. The Labute approximate surface area is 214 Å². The second kappa shape index (κ2) is 12.3. The molecule has 1 N–H and O–H groups in total. The van der Waals surface area contributed by atoms with Crippen molar-refractivity contribution in [2.75, 3.05) is 9.62 Å². The molecule has 0 saturated heterocycles. The lowest BCUT2D eigenvalue weighted by Crippen LogP contribution is -2.25. The molecular weight excluding hydrogens is 520 g/mol. The fraction of sp³-hybridized carbons (Fsp3) is 0.320. The molecule has 202 valence electrons. The number of anilines is 3. The standard InChI is InChI=1S/C21H15F6N3O2S.2C2H6/c1-12-2-8-16-17(10-12)30(11-13-3-9-18(20(22,23)24)29-19(13)28-16)33(31)15-6-4-14(5-7-15)32-21(25,26)27;2*1-2/h2-10H,11H2,1H3,(H,28,29);2*1-2H3. The molecular formula is C25H27F6N3O2S. The molecule has 2 aromatic carbocycles. The highest BCUT2D eigenvalue weighted by molar-refractivity contribution is 7.86. The molecule has 0 aliphatic carbocycles. The highest BCUT2D eigenvalue weighted by atomic mass is 32.2. The van der Waals surface area contributed by atoms with E-state index < -0.39 is 35.0 Å². The van der Waals surface area contributed by atoms with Gasteiger partial charge in [0.1, 0.15) is 17.3 Å². The summed E-state index contributed by atoms with van der Waals surface area (Å²) in [6, 6.07) is 11.7. The largest absolute Gasteiger partial charge is 0.573 e. The van der Waals surface area contributed by atoms with Gasteiger partial charge in [0.25, 0.3) is 0 Å². The van der Waals surface area contributed by atoms with Crippen LogP contribution in [0.4, 0.5) is 43.5 Å². The van der Waals surface area contributed by atoms with Gasteiger partial charge in [-0.3, -0.25) is 4.31 Å². The van der Waals surface area contributed by atoms with Gasteiger partial charge in [0.2, 0.25) is 0 Å². The topological polar surface area (TPSA) is 54.5 Å². The molecule has 1 aliphatic heterocycles. The number of pyridine rings is 1. The zero-order valence-electron chi connectivity index (χ0n) is 20.8. The van der Waals surface area contributed by atoms with Crippen LogP contribution in [0.2, 0.25) is 0 Å². The highest BCUT2D eigenvalue weighted by Crippen LogP contribution is 2.39. The number of halogens is 6. The number of nitrogens with one attached hydrogen (secondary N) is 1. The third-order valence-electron chi connectivity index (χ3n) is 4.72. The maximum atomic E-state index is 13.4. The van der Waals surface area contributed by atoms with E-state index in [1.165, 1.54) is 22.5 Å². The van der Waals surface area contributed by atoms with Crippen LogP contribution in [0.1, 0.15) is 44.5 Å². The number of rotatable bonds is 3. The van der Waals surface area contributed by atoms with E-state index in [4.69, 9.17) is 0 Å². The third-order valence-corrected chi connectivity index (χ3v) is 6.12. The molecule has 0 radical (unpaired) electrons. The fourth-order valence-electron chi connectivity index (χ4n) is 3.24. The van der Waals surface area contributed by atoms with Crippen molar-refractivity contribution in [3.05, 3.63) is 71.4 Å². The van der Waals surface area contributed by atoms with Crippen LogP contribution in [0, 0.1) is 6.92 Å². The van der Waals surface area contributed by atoms with Crippen molar-refractivity contribution in [2.45, 2.75) is 58.6 Å². The normalized spacial score (nSPS) is 13.3. The van der Waals surface area contributed by atoms with Gasteiger partial charge < -0.3 is 10.1 Å². The molecule has 5 nitrogen and oxygen atoms in total. The van der Waals surface area contributed by atoms with Crippen LogP contribution < -0.4 is 14.4 Å². The number of hydrogen-bond acceptors (Lipinski definition) is 4. The molecule has 4 rings (SSSR count). The summed E-state index contributed by atoms with van der Waals surface area (Å²) in [4.78, 5) is 3.87. The molecule has 1 unspecified atom stereocenters. The van der Waals surface area contributed by atoms with Gasteiger partial charge in [-0.25, -0.2) is 9.19 Å². The van der Waals surface area contributed by atoms with Gasteiger partial charge in [0.15, 0.2) is 11.0 Å². The first-order valence-corrected chi connectivity index (χ1v) is 12.5. The number of hydrogen-bond donors (Lipinski definition) is 1. The summed E-state index contributed by atoms with van der Waals surface area (Å²) in [5, 5.41) is 2.88. The Kier molecular flexibility index (Phi) is 9.96. The Morgan fingerprint density at radius 3 is 2.11 bits per heavy atom. The van der Waals surface area contributed by atoms with E-state index in [1.54, 1.807) is 25.1 Å². The smallest absolute Gasteiger partial charge is 0.406 e. The third kappa shape index (κ3) is 7.61. The number of ether oxygens (including phenoxy) is 1. The Morgan fingerprint density at radius 2 is 1.54 bits per heavy atom. The SMILES string of the molecule is CC.CC.Cc1ccc2c(c1)N(S(=O)c1ccc(OC(F)(F)F)cc1)Cc1ccc(C(F)(F)F)nc1N2. The van der Waals surface area contributed by atoms with Crippen molar-refractivity contribution in [3.8, 4) is 5.75 Å². The van der Waals surface area contributed by atoms with Gasteiger partial charge >= 0.3 is 12.5 Å². The maximum absolute atomic E-state index is 13.4. The van der Waals surface area contributed by atoms with Gasteiger partial charge in [0.05, 0.1) is 22.8 Å². The summed E-state index contributed by atoms with van der Waals surface area (Å²) < 4.78 is 95.3. The molecule has 37 heavy (non-hydrogen) atoms. The van der Waals surface area contributed by atoms with Crippen LogP contribution in [-0.2, 0) is 23.7 Å². The molecule has 1 atom stereocenters. The Balaban J connectivity index is 0.00000115. The zero-order chi connectivity index (χ0) is 28.0. The predicted octanol–water partition coefficient (Wildman–Crippen LogP) is 8.15. The summed E-state index contributed by atoms with van der Waals surface area (Å²) >= 11 is 0. The fourth-order valence-corrected chi connectivity index (χ4v) is 4.45. The Hall–Kier alpha value is -3.28. The molecule has 1 aliphatic rings. The summed E-state index contributed by atoms with van der Waals surface area (Å²) in [7, 11) is -1.91. The minimum Gasteiger partial charge on any atom is -0.406 e. The van der Waals surface area contributed by atoms with Crippen LogP contribution in [0.15, 0.2) is 59.5 Å². The lowest BCUT2D eigenvalue weighted by Gasteiger charge is -2.24. The van der Waals surface area contributed by atoms with E-state index >= 15 is 0 Å². The average molecular weight is 548 g/mol. The first-order chi connectivity index (χ1) is 17.4. The predicted molar refractivity (Wildman–Crippen MR) is 132 cm³/mol. The first kappa shape index (κ1) is 29.9. The van der Waals surface area contributed by atoms with Crippen LogP contribution in [0.5, 0.6) is 5.75 Å². The van der Waals surface area contributed by atoms with E-state index in [9.17, 15) is 30.6 Å². The average Bonchev–Trinajstić information content (AvgIpc) is 3.01. The molecule has 1 aromatic heterocycles. The van der Waals surface area contributed by atoms with Gasteiger partial charge in [-0.05, 0) is 55.0 Å². The molecule has 2 heterocycles. The number of benzene rings is 2. The first-order valence-electron chi connectivity index (χ1n) is 11.4. The second-order valence-corrected chi connectivity index (χ2v) is 8.56. The quantitative estimate of drug-likeness (QED) is 0.336. The van der Waals surface area contributed by atoms with Crippen molar-refractivity contribution < 1.29 is 35.3 Å². The number of aryl methyl sites for hydroxylation is 1. The molecule has 3 aromatic rings. The molecule has 0 spiro atoms. The van der Waals surface area contributed by atoms with Gasteiger partial charge in [-0.15, -0.1) is 13.2 Å². The summed E-state index contributed by atoms with van der Waals surface area (Å²) in [5.74, 6) is -0.491. The van der Waals surface area contributed by atoms with E-state index in [-0.39, 0.29) is 17.3 Å². The Morgan fingerprint density at radius 1 is 0.919 bits per heavy atom. The minimum atomic E-state index is -4.86. The van der Waals surface area contributed by atoms with Crippen molar-refractivity contribution in [2.24, 2.45) is 0 Å². The van der Waals surface area contributed by atoms with Gasteiger partial charge in [-0.1, -0.05) is 39.8 Å². The molecule has 0 amide bonds. The summed E-state index contributed by atoms with van der Waals surface area (Å²) in [6.45, 7) is 9.74. The number of aromatic nitrogens is 1. The van der Waals surface area contributed by atoms with E-state index in [0.29, 0.717) is 16.9 Å².